The van der Waals surface area contributed by atoms with Crippen molar-refractivity contribution < 1.29 is 9.59 Å². The van der Waals surface area contributed by atoms with Crippen molar-refractivity contribution in [3.05, 3.63) is 0 Å². The molecule has 0 N–H and O–H groups in total. The number of amides is 2. The average Bonchev–Trinajstić information content (AvgIpc) is 2.17. The molecule has 1 rings (SSSR count). The number of nitrogens with zero attached hydrogens (tertiary/aromatic N) is 1. The lowest BCUT2D eigenvalue weighted by atomic mass is 10.1. The van der Waals surface area contributed by atoms with Crippen LogP contribution in [0.15, 0.2) is 0 Å². The van der Waals surface area contributed by atoms with E-state index in [1.165, 1.54) is 4.90 Å². The molecule has 62 valence electrons. The molecule has 0 aromatic rings. The van der Waals surface area contributed by atoms with Crippen molar-refractivity contribution in [3.63, 3.8) is 0 Å². The summed E-state index contributed by atoms with van der Waals surface area (Å²) in [7, 11) is 0. The zero-order valence-electron chi connectivity index (χ0n) is 6.96. The Morgan fingerprint density at radius 2 is 2.18 bits per heavy atom. The highest BCUT2D eigenvalue weighted by Crippen LogP contribution is 2.18. The van der Waals surface area contributed by atoms with Gasteiger partial charge in [0.15, 0.2) is 0 Å². The van der Waals surface area contributed by atoms with E-state index in [0.717, 1.165) is 6.42 Å². The smallest absolute Gasteiger partial charge is 0.232 e. The maximum absolute atomic E-state index is 11.2. The molecule has 3 heteroatoms. The predicted octanol–water partition coefficient (Wildman–Crippen LogP) is 0.791. The molecule has 3 nitrogen and oxygen atoms in total. The first kappa shape index (κ1) is 8.24. The first-order chi connectivity index (χ1) is 5.16. The van der Waals surface area contributed by atoms with Crippen LogP contribution in [0, 0.1) is 5.92 Å². The van der Waals surface area contributed by atoms with Gasteiger partial charge in [-0.3, -0.25) is 14.5 Å². The van der Waals surface area contributed by atoms with Crippen LogP contribution in [0.1, 0.15) is 26.7 Å². The first-order valence-electron chi connectivity index (χ1n) is 4.01. The Morgan fingerprint density at radius 1 is 1.55 bits per heavy atom. The summed E-state index contributed by atoms with van der Waals surface area (Å²) in [6.45, 7) is 4.35. The van der Waals surface area contributed by atoms with Crippen LogP contribution in [-0.2, 0) is 9.59 Å². The lowest BCUT2D eigenvalue weighted by Crippen LogP contribution is -2.30. The zero-order valence-corrected chi connectivity index (χ0v) is 6.96. The molecule has 11 heavy (non-hydrogen) atoms. The standard InChI is InChI=1S/C8H13NO2/c1-3-4-9-7(10)5-6(2)8(9)11/h6H,3-5H2,1-2H3/t6-/m0/s1. The van der Waals surface area contributed by atoms with E-state index in [9.17, 15) is 9.59 Å². The molecule has 0 unspecified atom stereocenters. The summed E-state index contributed by atoms with van der Waals surface area (Å²) in [5.74, 6) is -0.102. The lowest BCUT2D eigenvalue weighted by Gasteiger charge is -2.11. The van der Waals surface area contributed by atoms with Gasteiger partial charge in [0.25, 0.3) is 0 Å². The summed E-state index contributed by atoms with van der Waals surface area (Å²) >= 11 is 0. The van der Waals surface area contributed by atoms with Gasteiger partial charge < -0.3 is 0 Å². The highest BCUT2D eigenvalue weighted by atomic mass is 16.2. The van der Waals surface area contributed by atoms with Crippen molar-refractivity contribution in [1.82, 2.24) is 4.90 Å². The fourth-order valence-electron chi connectivity index (χ4n) is 1.31. The van der Waals surface area contributed by atoms with E-state index in [-0.39, 0.29) is 17.7 Å². The molecule has 1 fully saturated rings. The van der Waals surface area contributed by atoms with Gasteiger partial charge in [0.2, 0.25) is 11.8 Å². The Bertz CT molecular complexity index is 189. The van der Waals surface area contributed by atoms with Crippen LogP contribution in [0.3, 0.4) is 0 Å². The molecule has 0 aromatic heterocycles. The van der Waals surface area contributed by atoms with Gasteiger partial charge in [0.1, 0.15) is 0 Å². The molecule has 0 aliphatic carbocycles. The van der Waals surface area contributed by atoms with Crippen molar-refractivity contribution in [2.45, 2.75) is 26.7 Å². The van der Waals surface area contributed by atoms with Gasteiger partial charge in [-0.1, -0.05) is 13.8 Å². The van der Waals surface area contributed by atoms with E-state index >= 15 is 0 Å². The third kappa shape index (κ3) is 1.42. The highest BCUT2D eigenvalue weighted by Gasteiger charge is 2.34. The second-order valence-corrected chi connectivity index (χ2v) is 2.99. The maximum atomic E-state index is 11.2. The summed E-state index contributed by atoms with van der Waals surface area (Å²) in [4.78, 5) is 23.7. The van der Waals surface area contributed by atoms with E-state index < -0.39 is 0 Å². The molecular weight excluding hydrogens is 142 g/mol. The van der Waals surface area contributed by atoms with Gasteiger partial charge in [0, 0.05) is 18.9 Å². The molecular formula is C8H13NO2. The van der Waals surface area contributed by atoms with E-state index in [1.807, 2.05) is 6.92 Å². The molecule has 2 amide bonds. The van der Waals surface area contributed by atoms with Crippen LogP contribution >= 0.6 is 0 Å². The number of hydrogen-bond acceptors (Lipinski definition) is 2. The SMILES string of the molecule is CCCN1C(=O)C[C@H](C)C1=O. The highest BCUT2D eigenvalue weighted by molar-refractivity contribution is 6.03. The van der Waals surface area contributed by atoms with E-state index in [2.05, 4.69) is 0 Å². The maximum Gasteiger partial charge on any atom is 0.232 e. The van der Waals surface area contributed by atoms with Crippen LogP contribution in [0.4, 0.5) is 0 Å². The van der Waals surface area contributed by atoms with E-state index in [1.54, 1.807) is 6.92 Å². The Labute approximate surface area is 66.4 Å². The van der Waals surface area contributed by atoms with Crippen LogP contribution in [0.2, 0.25) is 0 Å². The van der Waals surface area contributed by atoms with Gasteiger partial charge in [-0.25, -0.2) is 0 Å². The molecule has 1 aliphatic rings. The average molecular weight is 155 g/mol. The van der Waals surface area contributed by atoms with Crippen molar-refractivity contribution in [3.8, 4) is 0 Å². The predicted molar refractivity (Wildman–Crippen MR) is 40.8 cm³/mol. The Hall–Kier alpha value is -0.860. The molecule has 0 spiro atoms. The molecule has 0 aromatic carbocycles. The number of carbonyl (C=O) groups excluding carboxylic acids is 2. The third-order valence-corrected chi connectivity index (χ3v) is 1.92. The van der Waals surface area contributed by atoms with Crippen LogP contribution < -0.4 is 0 Å². The van der Waals surface area contributed by atoms with Crippen molar-refractivity contribution in [2.75, 3.05) is 6.54 Å². The van der Waals surface area contributed by atoms with Gasteiger partial charge in [0.05, 0.1) is 0 Å². The molecule has 1 saturated heterocycles. The summed E-state index contributed by atoms with van der Waals surface area (Å²) < 4.78 is 0. The number of likely N-dealkylation sites (tertiary alicyclic amines) is 1. The molecule has 0 radical (unpaired) electrons. The summed E-state index contributed by atoms with van der Waals surface area (Å²) in [6.07, 6.45) is 1.25. The Kier molecular flexibility index (Phi) is 2.27. The number of imide groups is 1. The van der Waals surface area contributed by atoms with Crippen LogP contribution in [-0.4, -0.2) is 23.3 Å². The number of rotatable bonds is 2. The van der Waals surface area contributed by atoms with E-state index in [4.69, 9.17) is 0 Å². The van der Waals surface area contributed by atoms with Crippen molar-refractivity contribution >= 4 is 11.8 Å². The number of hydrogen-bond donors (Lipinski definition) is 0. The molecule has 1 atom stereocenters. The van der Waals surface area contributed by atoms with Crippen LogP contribution in [0.5, 0.6) is 0 Å². The van der Waals surface area contributed by atoms with E-state index in [0.29, 0.717) is 13.0 Å². The van der Waals surface area contributed by atoms with Crippen molar-refractivity contribution in [2.24, 2.45) is 5.92 Å². The Morgan fingerprint density at radius 3 is 2.55 bits per heavy atom. The largest absolute Gasteiger partial charge is 0.282 e. The van der Waals surface area contributed by atoms with Gasteiger partial charge in [-0.05, 0) is 6.42 Å². The zero-order chi connectivity index (χ0) is 8.43. The molecule has 0 bridgehead atoms. The lowest BCUT2D eigenvalue weighted by molar-refractivity contribution is -0.139. The van der Waals surface area contributed by atoms with Gasteiger partial charge in [-0.2, -0.15) is 0 Å². The molecule has 0 saturated carbocycles. The van der Waals surface area contributed by atoms with Gasteiger partial charge in [-0.15, -0.1) is 0 Å². The summed E-state index contributed by atoms with van der Waals surface area (Å²) in [5.41, 5.74) is 0. The normalized spacial score (nSPS) is 24.9. The minimum atomic E-state index is -0.0888. The Balaban J connectivity index is 2.64. The summed E-state index contributed by atoms with van der Waals surface area (Å²) in [5, 5.41) is 0. The number of carbonyl (C=O) groups is 2. The van der Waals surface area contributed by atoms with Crippen molar-refractivity contribution in [1.29, 1.82) is 0 Å². The third-order valence-electron chi connectivity index (χ3n) is 1.92. The van der Waals surface area contributed by atoms with Gasteiger partial charge >= 0.3 is 0 Å². The molecule has 1 aliphatic heterocycles. The monoisotopic (exact) mass is 155 g/mol. The summed E-state index contributed by atoms with van der Waals surface area (Å²) in [6, 6.07) is 0. The topological polar surface area (TPSA) is 37.4 Å². The second-order valence-electron chi connectivity index (χ2n) is 2.99. The van der Waals surface area contributed by atoms with Crippen LogP contribution in [0.25, 0.3) is 0 Å². The quantitative estimate of drug-likeness (QED) is 0.553. The second kappa shape index (κ2) is 3.03. The fraction of sp³-hybridized carbons (Fsp3) is 0.750. The minimum Gasteiger partial charge on any atom is -0.282 e. The molecule has 1 heterocycles. The fourth-order valence-corrected chi connectivity index (χ4v) is 1.31. The first-order valence-corrected chi connectivity index (χ1v) is 4.01. The minimum absolute atomic E-state index is 0.00292.